The van der Waals surface area contributed by atoms with Gasteiger partial charge in [-0.25, -0.2) is 0 Å². The van der Waals surface area contributed by atoms with Crippen LogP contribution in [0.4, 0.5) is 0 Å². The highest BCUT2D eigenvalue weighted by Crippen LogP contribution is 2.15. The lowest BCUT2D eigenvalue weighted by Gasteiger charge is -2.08. The van der Waals surface area contributed by atoms with Crippen molar-refractivity contribution < 1.29 is 4.79 Å². The number of carbonyl (C=O) groups excluding carboxylic acids is 1. The van der Waals surface area contributed by atoms with E-state index in [1.54, 1.807) is 6.92 Å². The van der Waals surface area contributed by atoms with Gasteiger partial charge in [-0.1, -0.05) is 24.3 Å². The van der Waals surface area contributed by atoms with Gasteiger partial charge in [0.2, 0.25) is 0 Å². The average Bonchev–Trinajstić information content (AvgIpc) is 1.82. The van der Waals surface area contributed by atoms with E-state index >= 15 is 0 Å². The van der Waals surface area contributed by atoms with Crippen molar-refractivity contribution >= 4 is 16.9 Å². The third-order valence-corrected chi connectivity index (χ3v) is 2.41. The molecule has 0 aliphatic heterocycles. The summed E-state index contributed by atoms with van der Waals surface area (Å²) in [6.45, 7) is 9.60. The first-order valence-electron chi connectivity index (χ1n) is 3.80. The number of rotatable bonds is 4. The Morgan fingerprint density at radius 1 is 1.55 bits per heavy atom. The first-order chi connectivity index (χ1) is 5.02. The molecular formula is C9H16OS. The van der Waals surface area contributed by atoms with Crippen LogP contribution in [0.25, 0.3) is 0 Å². The van der Waals surface area contributed by atoms with Crippen molar-refractivity contribution in [3.8, 4) is 0 Å². The fourth-order valence-electron chi connectivity index (χ4n) is 0.913. The first kappa shape index (κ1) is 10.8. The molecule has 0 aromatic rings. The van der Waals surface area contributed by atoms with E-state index in [1.807, 2.05) is 6.92 Å². The van der Waals surface area contributed by atoms with Crippen molar-refractivity contribution in [1.82, 2.24) is 0 Å². The Bertz CT molecular complexity index is 152. The van der Waals surface area contributed by atoms with Crippen LogP contribution in [-0.4, -0.2) is 10.9 Å². The molecule has 1 nitrogen and oxygen atoms in total. The normalized spacial score (nSPS) is 12.6. The van der Waals surface area contributed by atoms with Crippen molar-refractivity contribution in [3.05, 3.63) is 12.2 Å². The third kappa shape index (κ3) is 7.66. The van der Waals surface area contributed by atoms with Gasteiger partial charge in [0.05, 0.1) is 0 Å². The van der Waals surface area contributed by atoms with Crippen LogP contribution >= 0.6 is 11.8 Å². The summed E-state index contributed by atoms with van der Waals surface area (Å²) < 4.78 is 0. The Balaban J connectivity index is 3.44. The molecule has 0 fully saturated rings. The lowest BCUT2D eigenvalue weighted by atomic mass is 10.1. The average molecular weight is 172 g/mol. The summed E-state index contributed by atoms with van der Waals surface area (Å²) in [6, 6.07) is 0. The van der Waals surface area contributed by atoms with Gasteiger partial charge in [-0.2, -0.15) is 0 Å². The highest BCUT2D eigenvalue weighted by atomic mass is 32.2. The maximum Gasteiger partial charge on any atom is 0.185 e. The van der Waals surface area contributed by atoms with Crippen LogP contribution in [0.3, 0.4) is 0 Å². The molecule has 1 atom stereocenters. The first-order valence-corrected chi connectivity index (χ1v) is 4.78. The summed E-state index contributed by atoms with van der Waals surface area (Å²) in [5.41, 5.74) is 1.20. The predicted octanol–water partition coefficient (Wildman–Crippen LogP) is 2.87. The van der Waals surface area contributed by atoms with Crippen LogP contribution in [0.15, 0.2) is 12.2 Å². The van der Waals surface area contributed by atoms with Crippen LogP contribution < -0.4 is 0 Å². The molecule has 1 unspecified atom stereocenters. The largest absolute Gasteiger partial charge is 0.288 e. The fourth-order valence-corrected chi connectivity index (χ4v) is 1.55. The molecule has 64 valence electrons. The van der Waals surface area contributed by atoms with Gasteiger partial charge >= 0.3 is 0 Å². The van der Waals surface area contributed by atoms with E-state index in [4.69, 9.17) is 0 Å². The minimum Gasteiger partial charge on any atom is -0.288 e. The standard InChI is InChI=1S/C9H16OS/c1-7(2)5-8(3)6-11-9(4)10/h8H,1,5-6H2,2-4H3. The summed E-state index contributed by atoms with van der Waals surface area (Å²) in [5, 5.41) is 0.207. The van der Waals surface area contributed by atoms with E-state index < -0.39 is 0 Å². The minimum absolute atomic E-state index is 0.207. The quantitative estimate of drug-likeness (QED) is 0.606. The predicted molar refractivity (Wildman–Crippen MR) is 51.7 cm³/mol. The van der Waals surface area contributed by atoms with Gasteiger partial charge in [0.25, 0.3) is 0 Å². The highest BCUT2D eigenvalue weighted by Gasteiger charge is 2.03. The van der Waals surface area contributed by atoms with Gasteiger partial charge in [-0.05, 0) is 19.3 Å². The zero-order valence-corrected chi connectivity index (χ0v) is 8.33. The summed E-state index contributed by atoms with van der Waals surface area (Å²) in [7, 11) is 0. The number of allylic oxidation sites excluding steroid dienone is 1. The molecular weight excluding hydrogens is 156 g/mol. The molecule has 0 aliphatic carbocycles. The molecule has 0 spiro atoms. The van der Waals surface area contributed by atoms with Crippen LogP contribution in [0, 0.1) is 5.92 Å². The van der Waals surface area contributed by atoms with E-state index in [-0.39, 0.29) is 5.12 Å². The molecule has 0 bridgehead atoms. The van der Waals surface area contributed by atoms with Crippen LogP contribution in [0.1, 0.15) is 27.2 Å². The highest BCUT2D eigenvalue weighted by molar-refractivity contribution is 8.13. The van der Waals surface area contributed by atoms with E-state index in [1.165, 1.54) is 17.3 Å². The minimum atomic E-state index is 0.207. The van der Waals surface area contributed by atoms with Gasteiger partial charge in [0.1, 0.15) is 0 Å². The van der Waals surface area contributed by atoms with Crippen molar-refractivity contribution in [3.63, 3.8) is 0 Å². The van der Waals surface area contributed by atoms with Crippen molar-refractivity contribution in [1.29, 1.82) is 0 Å². The lowest BCUT2D eigenvalue weighted by molar-refractivity contribution is -0.109. The Morgan fingerprint density at radius 2 is 2.09 bits per heavy atom. The molecule has 0 rings (SSSR count). The zero-order valence-electron chi connectivity index (χ0n) is 7.52. The molecule has 0 heterocycles. The van der Waals surface area contributed by atoms with E-state index in [0.717, 1.165) is 12.2 Å². The second-order valence-electron chi connectivity index (χ2n) is 3.07. The van der Waals surface area contributed by atoms with Gasteiger partial charge in [0, 0.05) is 12.7 Å². The van der Waals surface area contributed by atoms with Gasteiger partial charge in [-0.15, -0.1) is 6.58 Å². The second-order valence-corrected chi connectivity index (χ2v) is 4.27. The maximum absolute atomic E-state index is 10.6. The number of carbonyl (C=O) groups is 1. The Labute approximate surface area is 73.3 Å². The van der Waals surface area contributed by atoms with Crippen LogP contribution in [0.5, 0.6) is 0 Å². The van der Waals surface area contributed by atoms with E-state index in [9.17, 15) is 4.79 Å². The molecule has 0 radical (unpaired) electrons. The number of thioether (sulfide) groups is 1. The summed E-state index contributed by atoms with van der Waals surface area (Å²) >= 11 is 1.40. The Kier molecular flexibility index (Phi) is 5.30. The molecule has 0 aromatic heterocycles. The molecule has 2 heteroatoms. The lowest BCUT2D eigenvalue weighted by Crippen LogP contribution is -2.00. The van der Waals surface area contributed by atoms with E-state index in [0.29, 0.717) is 5.92 Å². The maximum atomic E-state index is 10.6. The monoisotopic (exact) mass is 172 g/mol. The molecule has 11 heavy (non-hydrogen) atoms. The Morgan fingerprint density at radius 3 is 2.45 bits per heavy atom. The van der Waals surface area contributed by atoms with Gasteiger partial charge in [0.15, 0.2) is 5.12 Å². The van der Waals surface area contributed by atoms with Crippen LogP contribution in [-0.2, 0) is 4.79 Å². The smallest absolute Gasteiger partial charge is 0.185 e. The van der Waals surface area contributed by atoms with E-state index in [2.05, 4.69) is 13.5 Å². The second kappa shape index (κ2) is 5.42. The Hall–Kier alpha value is -0.240. The summed E-state index contributed by atoms with van der Waals surface area (Å²) in [5.74, 6) is 1.49. The summed E-state index contributed by atoms with van der Waals surface area (Å²) in [4.78, 5) is 10.6. The third-order valence-electron chi connectivity index (χ3n) is 1.27. The number of hydrogen-bond acceptors (Lipinski definition) is 2. The fraction of sp³-hybridized carbons (Fsp3) is 0.667. The molecule has 0 aromatic carbocycles. The molecule has 0 amide bonds. The molecule has 0 saturated heterocycles. The van der Waals surface area contributed by atoms with Crippen LogP contribution in [0.2, 0.25) is 0 Å². The van der Waals surface area contributed by atoms with Crippen molar-refractivity contribution in [2.75, 3.05) is 5.75 Å². The van der Waals surface area contributed by atoms with Gasteiger partial charge in [-0.3, -0.25) is 4.79 Å². The number of hydrogen-bond donors (Lipinski definition) is 0. The molecule has 0 saturated carbocycles. The van der Waals surface area contributed by atoms with Crippen molar-refractivity contribution in [2.45, 2.75) is 27.2 Å². The molecule has 0 N–H and O–H groups in total. The topological polar surface area (TPSA) is 17.1 Å². The molecule has 0 aliphatic rings. The van der Waals surface area contributed by atoms with Gasteiger partial charge < -0.3 is 0 Å². The zero-order chi connectivity index (χ0) is 8.85. The SMILES string of the molecule is C=C(C)CC(C)CSC(C)=O. The van der Waals surface area contributed by atoms with Crippen molar-refractivity contribution in [2.24, 2.45) is 5.92 Å². The summed E-state index contributed by atoms with van der Waals surface area (Å²) in [6.07, 6.45) is 1.03.